The first kappa shape index (κ1) is 24.5. The standard InChI is InChI=1S/C27H20Cl3N3O3/c28-19-8-4-16(5-9-19)14-18-2-1-3-22-25(18)31-32(26(22)17-6-10-20(29)11-7-17)27(34)23-15-21(33(35)36)12-13-24(23)30/h4-15,22,26H,1-3H2/b18-14-/t22-,26+/m0/s1. The molecule has 0 N–H and O–H groups in total. The molecule has 1 amide bonds. The number of carbonyl (C=O) groups excluding carboxylic acids is 1. The minimum Gasteiger partial charge on any atom is -0.267 e. The Morgan fingerprint density at radius 3 is 2.33 bits per heavy atom. The molecule has 182 valence electrons. The van der Waals surface area contributed by atoms with E-state index >= 15 is 0 Å². The van der Waals surface area contributed by atoms with Gasteiger partial charge in [0.2, 0.25) is 0 Å². The molecular formula is C27H20Cl3N3O3. The lowest BCUT2D eigenvalue weighted by atomic mass is 9.77. The fraction of sp³-hybridized carbons (Fsp3) is 0.185. The Morgan fingerprint density at radius 2 is 1.67 bits per heavy atom. The number of nitrogens with zero attached hydrogens (tertiary/aromatic N) is 3. The van der Waals surface area contributed by atoms with Crippen molar-refractivity contribution in [1.29, 1.82) is 0 Å². The van der Waals surface area contributed by atoms with Crippen molar-refractivity contribution in [2.75, 3.05) is 0 Å². The van der Waals surface area contributed by atoms with Gasteiger partial charge in [-0.05, 0) is 72.4 Å². The van der Waals surface area contributed by atoms with Crippen molar-refractivity contribution in [3.05, 3.63) is 114 Å². The highest BCUT2D eigenvalue weighted by molar-refractivity contribution is 6.34. The molecule has 1 aliphatic heterocycles. The molecular weight excluding hydrogens is 521 g/mol. The summed E-state index contributed by atoms with van der Waals surface area (Å²) >= 11 is 18.5. The zero-order valence-electron chi connectivity index (χ0n) is 18.9. The van der Waals surface area contributed by atoms with Crippen LogP contribution in [0.1, 0.15) is 46.8 Å². The predicted octanol–water partition coefficient (Wildman–Crippen LogP) is 7.99. The zero-order valence-corrected chi connectivity index (χ0v) is 21.2. The molecule has 3 aromatic rings. The minimum atomic E-state index is -0.549. The Labute approximate surface area is 222 Å². The summed E-state index contributed by atoms with van der Waals surface area (Å²) in [4.78, 5) is 24.6. The summed E-state index contributed by atoms with van der Waals surface area (Å²) in [7, 11) is 0. The van der Waals surface area contributed by atoms with Gasteiger partial charge in [0, 0.05) is 28.1 Å². The summed E-state index contributed by atoms with van der Waals surface area (Å²) in [6, 6.07) is 18.3. The normalized spacial score (nSPS) is 20.2. The van der Waals surface area contributed by atoms with Crippen LogP contribution in [-0.2, 0) is 0 Å². The van der Waals surface area contributed by atoms with Crippen molar-refractivity contribution >= 4 is 58.2 Å². The fourth-order valence-electron chi connectivity index (χ4n) is 4.84. The molecule has 0 spiro atoms. The highest BCUT2D eigenvalue weighted by Gasteiger charge is 2.44. The number of allylic oxidation sites excluding steroid dienone is 1. The highest BCUT2D eigenvalue weighted by atomic mass is 35.5. The maximum absolute atomic E-state index is 13.8. The molecule has 0 bridgehead atoms. The number of fused-ring (bicyclic) bond motifs is 1. The number of nitro benzene ring substituents is 1. The molecule has 1 heterocycles. The van der Waals surface area contributed by atoms with Crippen LogP contribution in [0.2, 0.25) is 15.1 Å². The van der Waals surface area contributed by atoms with Gasteiger partial charge < -0.3 is 0 Å². The Morgan fingerprint density at radius 1 is 1.00 bits per heavy atom. The lowest BCUT2D eigenvalue weighted by Crippen LogP contribution is -2.32. The number of hydrogen-bond donors (Lipinski definition) is 0. The topological polar surface area (TPSA) is 75.8 Å². The summed E-state index contributed by atoms with van der Waals surface area (Å²) in [5.74, 6) is -0.531. The number of carbonyl (C=O) groups is 1. The summed E-state index contributed by atoms with van der Waals surface area (Å²) in [5.41, 5.74) is 3.59. The number of hydrogen-bond acceptors (Lipinski definition) is 4. The molecule has 0 saturated heterocycles. The van der Waals surface area contributed by atoms with Crippen molar-refractivity contribution < 1.29 is 9.72 Å². The van der Waals surface area contributed by atoms with Crippen LogP contribution in [0.15, 0.2) is 77.4 Å². The maximum atomic E-state index is 13.8. The molecule has 0 aromatic heterocycles. The van der Waals surface area contributed by atoms with Gasteiger partial charge in [-0.3, -0.25) is 14.9 Å². The lowest BCUT2D eigenvalue weighted by Gasteiger charge is -2.29. The Kier molecular flexibility index (Phi) is 6.84. The molecule has 9 heteroatoms. The third kappa shape index (κ3) is 4.76. The van der Waals surface area contributed by atoms with Crippen molar-refractivity contribution in [3.8, 4) is 0 Å². The van der Waals surface area contributed by atoms with Gasteiger partial charge in [0.1, 0.15) is 0 Å². The number of benzene rings is 3. The quantitative estimate of drug-likeness (QED) is 0.248. The second-order valence-corrected chi connectivity index (χ2v) is 10.1. The Hall–Kier alpha value is -3.19. The maximum Gasteiger partial charge on any atom is 0.276 e. The molecule has 6 nitrogen and oxygen atoms in total. The molecule has 5 rings (SSSR count). The lowest BCUT2D eigenvalue weighted by molar-refractivity contribution is -0.384. The number of amides is 1. The van der Waals surface area contributed by atoms with Gasteiger partial charge in [-0.25, -0.2) is 5.01 Å². The van der Waals surface area contributed by atoms with E-state index < -0.39 is 16.9 Å². The molecule has 2 aliphatic rings. The molecule has 1 saturated carbocycles. The van der Waals surface area contributed by atoms with E-state index in [-0.39, 0.29) is 22.2 Å². The van der Waals surface area contributed by atoms with Crippen molar-refractivity contribution in [2.45, 2.75) is 25.3 Å². The Balaban J connectivity index is 1.60. The predicted molar refractivity (Wildman–Crippen MR) is 143 cm³/mol. The van der Waals surface area contributed by atoms with Gasteiger partial charge in [0.25, 0.3) is 11.6 Å². The Bertz CT molecular complexity index is 1400. The fourth-order valence-corrected chi connectivity index (χ4v) is 5.29. The van der Waals surface area contributed by atoms with Crippen LogP contribution in [-0.4, -0.2) is 21.6 Å². The van der Waals surface area contributed by atoms with Gasteiger partial charge in [0.15, 0.2) is 0 Å². The number of halogens is 3. The molecule has 0 radical (unpaired) electrons. The van der Waals surface area contributed by atoms with Crippen LogP contribution < -0.4 is 0 Å². The third-order valence-corrected chi connectivity index (χ3v) is 7.36. The first-order valence-electron chi connectivity index (χ1n) is 11.4. The number of nitro groups is 1. The van der Waals surface area contributed by atoms with E-state index in [1.165, 1.54) is 23.2 Å². The SMILES string of the molecule is O=C(c1cc([N+](=O)[O-])ccc1Cl)N1N=C2/C(=C\c3ccc(Cl)cc3)CCC[C@@H]2[C@H]1c1ccc(Cl)cc1. The van der Waals surface area contributed by atoms with Crippen LogP contribution in [0.3, 0.4) is 0 Å². The zero-order chi connectivity index (χ0) is 25.4. The highest BCUT2D eigenvalue weighted by Crippen LogP contribution is 2.45. The van der Waals surface area contributed by atoms with Crippen molar-refractivity contribution in [1.82, 2.24) is 5.01 Å². The third-order valence-electron chi connectivity index (χ3n) is 6.52. The van der Waals surface area contributed by atoms with E-state index in [1.807, 2.05) is 36.4 Å². The average Bonchev–Trinajstić information content (AvgIpc) is 3.26. The van der Waals surface area contributed by atoms with Gasteiger partial charge >= 0.3 is 0 Å². The first-order chi connectivity index (χ1) is 17.3. The number of non-ortho nitro benzene ring substituents is 1. The molecule has 1 fully saturated rings. The average molecular weight is 541 g/mol. The van der Waals surface area contributed by atoms with Gasteiger partial charge in [-0.1, -0.05) is 59.1 Å². The smallest absolute Gasteiger partial charge is 0.267 e. The van der Waals surface area contributed by atoms with Gasteiger partial charge in [-0.15, -0.1) is 0 Å². The van der Waals surface area contributed by atoms with E-state index in [0.29, 0.717) is 10.0 Å². The number of rotatable bonds is 4. The molecule has 0 unspecified atom stereocenters. The van der Waals surface area contributed by atoms with Crippen molar-refractivity contribution in [3.63, 3.8) is 0 Å². The first-order valence-corrected chi connectivity index (χ1v) is 12.5. The summed E-state index contributed by atoms with van der Waals surface area (Å²) in [6.45, 7) is 0. The molecule has 2 atom stereocenters. The minimum absolute atomic E-state index is 0.0380. The second-order valence-electron chi connectivity index (χ2n) is 8.77. The van der Waals surface area contributed by atoms with Crippen LogP contribution in [0.5, 0.6) is 0 Å². The number of hydrazone groups is 1. The summed E-state index contributed by atoms with van der Waals surface area (Å²) in [5, 5.41) is 19.0. The van der Waals surface area contributed by atoms with Crippen LogP contribution in [0.4, 0.5) is 5.69 Å². The van der Waals surface area contributed by atoms with E-state index in [0.717, 1.165) is 41.7 Å². The summed E-state index contributed by atoms with van der Waals surface area (Å²) in [6.07, 6.45) is 4.68. The van der Waals surface area contributed by atoms with Gasteiger partial charge in [0.05, 0.1) is 27.3 Å². The van der Waals surface area contributed by atoms with Crippen LogP contribution in [0.25, 0.3) is 6.08 Å². The second kappa shape index (κ2) is 10.1. The van der Waals surface area contributed by atoms with Gasteiger partial charge in [-0.2, -0.15) is 5.10 Å². The monoisotopic (exact) mass is 539 g/mol. The molecule has 36 heavy (non-hydrogen) atoms. The van der Waals surface area contributed by atoms with E-state index in [2.05, 4.69) is 6.08 Å². The molecule has 1 aliphatic carbocycles. The van der Waals surface area contributed by atoms with Crippen molar-refractivity contribution in [2.24, 2.45) is 11.0 Å². The van der Waals surface area contributed by atoms with E-state index in [4.69, 9.17) is 39.9 Å². The molecule has 3 aromatic carbocycles. The largest absolute Gasteiger partial charge is 0.276 e. The van der Waals surface area contributed by atoms with E-state index in [1.54, 1.807) is 12.1 Å². The summed E-state index contributed by atoms with van der Waals surface area (Å²) < 4.78 is 0. The van der Waals surface area contributed by atoms with E-state index in [9.17, 15) is 14.9 Å². The van der Waals surface area contributed by atoms with Crippen LogP contribution >= 0.6 is 34.8 Å². The van der Waals surface area contributed by atoms with Crippen LogP contribution in [0, 0.1) is 16.0 Å².